The smallest absolute Gasteiger partial charge is 0.123 e. The first-order chi connectivity index (χ1) is 10.9. The standard InChI is InChI=1S/C18H22N4O/c1-13-8-14(9-19)4-5-15(13)16-10-20-17-11-21(6-7-22(16)17)12-18(2,3)23/h4-5,8,10,23H,6-7,11-12H2,1-3H3. The fourth-order valence-corrected chi connectivity index (χ4v) is 3.23. The third-order valence-corrected chi connectivity index (χ3v) is 4.19. The summed E-state index contributed by atoms with van der Waals surface area (Å²) in [6.07, 6.45) is 1.91. The van der Waals surface area contributed by atoms with Crippen LogP contribution in [0.15, 0.2) is 24.4 Å². The van der Waals surface area contributed by atoms with E-state index in [1.54, 1.807) is 0 Å². The fraction of sp³-hybridized carbons (Fsp3) is 0.444. The van der Waals surface area contributed by atoms with Crippen LogP contribution in [0.4, 0.5) is 0 Å². The van der Waals surface area contributed by atoms with Crippen molar-refractivity contribution in [2.24, 2.45) is 0 Å². The number of aryl methyl sites for hydroxylation is 1. The number of imidazole rings is 1. The van der Waals surface area contributed by atoms with Gasteiger partial charge in [0.25, 0.3) is 0 Å². The van der Waals surface area contributed by atoms with E-state index < -0.39 is 5.60 Å². The molecule has 3 rings (SSSR count). The van der Waals surface area contributed by atoms with Crippen LogP contribution >= 0.6 is 0 Å². The Labute approximate surface area is 136 Å². The van der Waals surface area contributed by atoms with Crippen LogP contribution < -0.4 is 0 Å². The van der Waals surface area contributed by atoms with E-state index >= 15 is 0 Å². The first-order valence-corrected chi connectivity index (χ1v) is 7.87. The highest BCUT2D eigenvalue weighted by Gasteiger charge is 2.25. The van der Waals surface area contributed by atoms with E-state index in [4.69, 9.17) is 5.26 Å². The molecular formula is C18H22N4O. The van der Waals surface area contributed by atoms with Crippen molar-refractivity contribution in [1.82, 2.24) is 14.5 Å². The van der Waals surface area contributed by atoms with Crippen LogP contribution in [-0.4, -0.2) is 38.2 Å². The van der Waals surface area contributed by atoms with Crippen molar-refractivity contribution in [3.05, 3.63) is 41.3 Å². The summed E-state index contributed by atoms with van der Waals surface area (Å²) in [6, 6.07) is 7.95. The van der Waals surface area contributed by atoms with Gasteiger partial charge in [-0.05, 0) is 38.5 Å². The predicted octanol–water partition coefficient (Wildman–Crippen LogP) is 2.32. The molecule has 0 saturated heterocycles. The van der Waals surface area contributed by atoms with Crippen LogP contribution in [0.25, 0.3) is 11.3 Å². The Morgan fingerprint density at radius 1 is 1.35 bits per heavy atom. The molecule has 120 valence electrons. The maximum atomic E-state index is 9.99. The Morgan fingerprint density at radius 2 is 2.13 bits per heavy atom. The molecule has 0 fully saturated rings. The number of aromatic nitrogens is 2. The SMILES string of the molecule is Cc1cc(C#N)ccc1-c1cnc2n1CCN(CC(C)(C)O)C2. The Hall–Kier alpha value is -2.16. The van der Waals surface area contributed by atoms with Crippen molar-refractivity contribution in [2.45, 2.75) is 39.5 Å². The molecule has 23 heavy (non-hydrogen) atoms. The van der Waals surface area contributed by atoms with Gasteiger partial charge in [-0.3, -0.25) is 4.90 Å². The zero-order valence-electron chi connectivity index (χ0n) is 13.9. The van der Waals surface area contributed by atoms with E-state index in [1.165, 1.54) is 0 Å². The quantitative estimate of drug-likeness (QED) is 0.945. The molecule has 0 atom stereocenters. The molecule has 0 unspecified atom stereocenters. The minimum Gasteiger partial charge on any atom is -0.389 e. The summed E-state index contributed by atoms with van der Waals surface area (Å²) in [5.41, 5.74) is 3.30. The third kappa shape index (κ3) is 3.29. The molecule has 1 aliphatic rings. The molecule has 2 aromatic rings. The highest BCUT2D eigenvalue weighted by molar-refractivity contribution is 5.65. The maximum absolute atomic E-state index is 9.99. The number of β-amino-alcohol motifs (C(OH)–C–C–N with tert-alkyl or cyclic N) is 1. The van der Waals surface area contributed by atoms with E-state index in [1.807, 2.05) is 45.2 Å². The van der Waals surface area contributed by atoms with Crippen molar-refractivity contribution < 1.29 is 5.11 Å². The number of fused-ring (bicyclic) bond motifs is 1. The van der Waals surface area contributed by atoms with E-state index in [0.717, 1.165) is 42.3 Å². The Bertz CT molecular complexity index is 764. The molecule has 0 spiro atoms. The highest BCUT2D eigenvalue weighted by atomic mass is 16.3. The monoisotopic (exact) mass is 310 g/mol. The Morgan fingerprint density at radius 3 is 2.78 bits per heavy atom. The molecule has 0 bridgehead atoms. The largest absolute Gasteiger partial charge is 0.389 e. The second-order valence-corrected chi connectivity index (χ2v) is 6.88. The van der Waals surface area contributed by atoms with E-state index in [0.29, 0.717) is 12.1 Å². The zero-order valence-corrected chi connectivity index (χ0v) is 13.9. The molecule has 0 radical (unpaired) electrons. The second kappa shape index (κ2) is 5.80. The van der Waals surface area contributed by atoms with Gasteiger partial charge in [0, 0.05) is 25.2 Å². The van der Waals surface area contributed by atoms with Crippen LogP contribution in [0.5, 0.6) is 0 Å². The molecular weight excluding hydrogens is 288 g/mol. The van der Waals surface area contributed by atoms with Crippen molar-refractivity contribution in [2.75, 3.05) is 13.1 Å². The molecule has 0 aliphatic carbocycles. The van der Waals surface area contributed by atoms with Crippen molar-refractivity contribution >= 4 is 0 Å². The normalized spacial score (nSPS) is 15.3. The lowest BCUT2D eigenvalue weighted by Gasteiger charge is -2.32. The second-order valence-electron chi connectivity index (χ2n) is 6.88. The van der Waals surface area contributed by atoms with Gasteiger partial charge in [0.05, 0.1) is 35.7 Å². The molecule has 2 heterocycles. The Balaban J connectivity index is 1.88. The molecule has 0 amide bonds. The molecule has 1 aromatic heterocycles. The molecule has 1 N–H and O–H groups in total. The van der Waals surface area contributed by atoms with Crippen molar-refractivity contribution in [3.8, 4) is 17.3 Å². The number of nitriles is 1. The van der Waals surface area contributed by atoms with E-state index in [9.17, 15) is 5.11 Å². The number of nitrogens with zero attached hydrogens (tertiary/aromatic N) is 4. The van der Waals surface area contributed by atoms with Gasteiger partial charge in [0.1, 0.15) is 5.82 Å². The Kier molecular flexibility index (Phi) is 3.97. The molecule has 5 heteroatoms. The van der Waals surface area contributed by atoms with Gasteiger partial charge in [-0.15, -0.1) is 0 Å². The molecule has 1 aromatic carbocycles. The minimum atomic E-state index is -0.693. The van der Waals surface area contributed by atoms with Crippen molar-refractivity contribution in [3.63, 3.8) is 0 Å². The summed E-state index contributed by atoms with van der Waals surface area (Å²) in [4.78, 5) is 6.81. The van der Waals surface area contributed by atoms with Gasteiger partial charge in [0.2, 0.25) is 0 Å². The number of hydrogen-bond donors (Lipinski definition) is 1. The number of hydrogen-bond acceptors (Lipinski definition) is 4. The average molecular weight is 310 g/mol. The molecule has 0 saturated carbocycles. The molecule has 5 nitrogen and oxygen atoms in total. The van der Waals surface area contributed by atoms with Gasteiger partial charge in [0.15, 0.2) is 0 Å². The first kappa shape index (κ1) is 15.7. The number of aliphatic hydroxyl groups is 1. The number of benzene rings is 1. The fourth-order valence-electron chi connectivity index (χ4n) is 3.23. The lowest BCUT2D eigenvalue weighted by atomic mass is 10.0. The van der Waals surface area contributed by atoms with Crippen LogP contribution in [0, 0.1) is 18.3 Å². The summed E-state index contributed by atoms with van der Waals surface area (Å²) in [7, 11) is 0. The lowest BCUT2D eigenvalue weighted by molar-refractivity contribution is 0.0269. The van der Waals surface area contributed by atoms with Crippen molar-refractivity contribution in [1.29, 1.82) is 5.26 Å². The van der Waals surface area contributed by atoms with Crippen LogP contribution in [0.3, 0.4) is 0 Å². The minimum absolute atomic E-state index is 0.644. The third-order valence-electron chi connectivity index (χ3n) is 4.19. The van der Waals surface area contributed by atoms with E-state index in [-0.39, 0.29) is 0 Å². The summed E-state index contributed by atoms with van der Waals surface area (Å²) in [6.45, 7) is 8.85. The zero-order chi connectivity index (χ0) is 16.6. The van der Waals surface area contributed by atoms with Crippen LogP contribution in [0.1, 0.15) is 30.8 Å². The van der Waals surface area contributed by atoms with Gasteiger partial charge in [-0.1, -0.05) is 6.07 Å². The predicted molar refractivity (Wildman–Crippen MR) is 88.7 cm³/mol. The van der Waals surface area contributed by atoms with E-state index in [2.05, 4.69) is 20.5 Å². The maximum Gasteiger partial charge on any atom is 0.123 e. The summed E-state index contributed by atoms with van der Waals surface area (Å²) in [5, 5.41) is 19.0. The van der Waals surface area contributed by atoms with Crippen LogP contribution in [0.2, 0.25) is 0 Å². The lowest BCUT2D eigenvalue weighted by Crippen LogP contribution is -2.42. The number of rotatable bonds is 3. The van der Waals surface area contributed by atoms with Gasteiger partial charge in [-0.2, -0.15) is 5.26 Å². The topological polar surface area (TPSA) is 65.1 Å². The van der Waals surface area contributed by atoms with Crippen LogP contribution in [-0.2, 0) is 13.1 Å². The summed E-state index contributed by atoms with van der Waals surface area (Å²) < 4.78 is 2.25. The first-order valence-electron chi connectivity index (χ1n) is 7.87. The van der Waals surface area contributed by atoms with Gasteiger partial charge < -0.3 is 9.67 Å². The van der Waals surface area contributed by atoms with Gasteiger partial charge >= 0.3 is 0 Å². The average Bonchev–Trinajstić information content (AvgIpc) is 2.88. The van der Waals surface area contributed by atoms with Gasteiger partial charge in [-0.25, -0.2) is 4.98 Å². The summed E-state index contributed by atoms with van der Waals surface area (Å²) >= 11 is 0. The summed E-state index contributed by atoms with van der Waals surface area (Å²) in [5.74, 6) is 1.03. The highest BCUT2D eigenvalue weighted by Crippen LogP contribution is 2.27. The molecule has 1 aliphatic heterocycles.